The average Bonchev–Trinajstić information content (AvgIpc) is 2.84. The molecule has 106 valence electrons. The van der Waals surface area contributed by atoms with E-state index in [4.69, 9.17) is 4.74 Å². The van der Waals surface area contributed by atoms with Crippen molar-refractivity contribution in [2.75, 3.05) is 33.4 Å². The molecule has 1 amide bonds. The highest BCUT2D eigenvalue weighted by Gasteiger charge is 2.43. The van der Waals surface area contributed by atoms with Gasteiger partial charge in [-0.3, -0.25) is 4.79 Å². The van der Waals surface area contributed by atoms with Crippen LogP contribution in [-0.2, 0) is 9.53 Å². The molecule has 1 atom stereocenters. The number of methoxy groups -OCH3 is 1. The summed E-state index contributed by atoms with van der Waals surface area (Å²) >= 11 is 0. The van der Waals surface area contributed by atoms with E-state index in [0.717, 1.165) is 51.9 Å². The minimum absolute atomic E-state index is 0.188. The molecule has 1 rings (SSSR count). The molecule has 1 fully saturated rings. The Balaban J connectivity index is 2.26. The van der Waals surface area contributed by atoms with E-state index in [0.29, 0.717) is 5.92 Å². The molecule has 2 N–H and O–H groups in total. The number of rotatable bonds is 8. The lowest BCUT2D eigenvalue weighted by Gasteiger charge is -2.31. The number of carbonyl (C=O) groups excluding carboxylic acids is 1. The van der Waals surface area contributed by atoms with Crippen LogP contribution in [0.5, 0.6) is 0 Å². The van der Waals surface area contributed by atoms with Gasteiger partial charge in [-0.25, -0.2) is 0 Å². The molecule has 0 bridgehead atoms. The molecule has 4 nitrogen and oxygen atoms in total. The molecular formula is C14H28N2O2. The van der Waals surface area contributed by atoms with Crippen molar-refractivity contribution < 1.29 is 9.53 Å². The lowest BCUT2D eigenvalue weighted by atomic mass is 9.75. The van der Waals surface area contributed by atoms with Crippen LogP contribution in [0.2, 0.25) is 0 Å². The fourth-order valence-corrected chi connectivity index (χ4v) is 2.59. The molecule has 0 aromatic carbocycles. The van der Waals surface area contributed by atoms with Gasteiger partial charge in [0.25, 0.3) is 0 Å². The Morgan fingerprint density at radius 2 is 2.17 bits per heavy atom. The molecule has 0 spiro atoms. The zero-order chi connectivity index (χ0) is 13.4. The van der Waals surface area contributed by atoms with Crippen LogP contribution in [0.4, 0.5) is 0 Å². The van der Waals surface area contributed by atoms with Crippen LogP contribution in [0.1, 0.15) is 39.5 Å². The standard InChI is InChI=1S/C14H28N2O2/c1-12(2)14(7-9-15-11-14)13(17)16-8-5-4-6-10-18-3/h12,15H,4-11H2,1-3H3,(H,16,17). The number of hydrogen-bond donors (Lipinski definition) is 2. The monoisotopic (exact) mass is 256 g/mol. The van der Waals surface area contributed by atoms with Crippen LogP contribution >= 0.6 is 0 Å². The van der Waals surface area contributed by atoms with E-state index in [1.165, 1.54) is 0 Å². The van der Waals surface area contributed by atoms with Gasteiger partial charge in [0, 0.05) is 26.8 Å². The van der Waals surface area contributed by atoms with E-state index in [9.17, 15) is 4.79 Å². The number of hydrogen-bond acceptors (Lipinski definition) is 3. The van der Waals surface area contributed by atoms with Crippen molar-refractivity contribution >= 4 is 5.91 Å². The maximum Gasteiger partial charge on any atom is 0.227 e. The Bertz CT molecular complexity index is 248. The Morgan fingerprint density at radius 1 is 1.39 bits per heavy atom. The molecule has 0 aliphatic carbocycles. The Kier molecular flexibility index (Phi) is 6.65. The minimum Gasteiger partial charge on any atom is -0.385 e. The van der Waals surface area contributed by atoms with E-state index in [-0.39, 0.29) is 11.3 Å². The molecule has 0 aromatic heterocycles. The Morgan fingerprint density at radius 3 is 2.72 bits per heavy atom. The van der Waals surface area contributed by atoms with E-state index >= 15 is 0 Å². The molecule has 1 aliphatic rings. The normalized spacial score (nSPS) is 23.6. The molecule has 1 heterocycles. The maximum atomic E-state index is 12.3. The third-order valence-corrected chi connectivity index (χ3v) is 4.06. The van der Waals surface area contributed by atoms with Crippen LogP contribution in [-0.4, -0.2) is 39.3 Å². The zero-order valence-corrected chi connectivity index (χ0v) is 12.1. The molecule has 1 saturated heterocycles. The highest BCUT2D eigenvalue weighted by atomic mass is 16.5. The van der Waals surface area contributed by atoms with Crippen LogP contribution < -0.4 is 10.6 Å². The number of ether oxygens (including phenoxy) is 1. The van der Waals surface area contributed by atoms with E-state index < -0.39 is 0 Å². The number of nitrogens with one attached hydrogen (secondary N) is 2. The SMILES string of the molecule is COCCCCCNC(=O)C1(C(C)C)CCNC1. The summed E-state index contributed by atoms with van der Waals surface area (Å²) in [7, 11) is 1.72. The number of amides is 1. The molecule has 1 aliphatic heterocycles. The fraction of sp³-hybridized carbons (Fsp3) is 0.929. The molecule has 4 heteroatoms. The maximum absolute atomic E-state index is 12.3. The lowest BCUT2D eigenvalue weighted by molar-refractivity contribution is -0.132. The van der Waals surface area contributed by atoms with Gasteiger partial charge >= 0.3 is 0 Å². The van der Waals surface area contributed by atoms with Gasteiger partial charge < -0.3 is 15.4 Å². The number of unbranched alkanes of at least 4 members (excludes halogenated alkanes) is 2. The van der Waals surface area contributed by atoms with E-state index in [1.54, 1.807) is 7.11 Å². The van der Waals surface area contributed by atoms with Crippen LogP contribution in [0.25, 0.3) is 0 Å². The largest absolute Gasteiger partial charge is 0.385 e. The topological polar surface area (TPSA) is 50.4 Å². The van der Waals surface area contributed by atoms with Crippen LogP contribution in [0.15, 0.2) is 0 Å². The fourth-order valence-electron chi connectivity index (χ4n) is 2.59. The van der Waals surface area contributed by atoms with Gasteiger partial charge in [0.05, 0.1) is 5.41 Å². The van der Waals surface area contributed by atoms with Gasteiger partial charge in [0.1, 0.15) is 0 Å². The summed E-state index contributed by atoms with van der Waals surface area (Å²) < 4.78 is 5.00. The van der Waals surface area contributed by atoms with Crippen molar-refractivity contribution in [1.29, 1.82) is 0 Å². The summed E-state index contributed by atoms with van der Waals surface area (Å²) in [5.74, 6) is 0.621. The summed E-state index contributed by atoms with van der Waals surface area (Å²) in [6.07, 6.45) is 4.18. The molecule has 1 unspecified atom stereocenters. The van der Waals surface area contributed by atoms with Crippen molar-refractivity contribution in [2.24, 2.45) is 11.3 Å². The van der Waals surface area contributed by atoms with Gasteiger partial charge in [-0.05, 0) is 38.1 Å². The molecule has 0 radical (unpaired) electrons. The Hall–Kier alpha value is -0.610. The molecule has 18 heavy (non-hydrogen) atoms. The Labute approximate surface area is 111 Å². The number of carbonyl (C=O) groups is 1. The smallest absolute Gasteiger partial charge is 0.227 e. The summed E-state index contributed by atoms with van der Waals surface area (Å²) in [6, 6.07) is 0. The highest BCUT2D eigenvalue weighted by molar-refractivity contribution is 5.83. The zero-order valence-electron chi connectivity index (χ0n) is 12.1. The van der Waals surface area contributed by atoms with Crippen molar-refractivity contribution in [3.8, 4) is 0 Å². The molecule has 0 aromatic rings. The van der Waals surface area contributed by atoms with Crippen molar-refractivity contribution in [3.05, 3.63) is 0 Å². The summed E-state index contributed by atoms with van der Waals surface area (Å²) in [4.78, 5) is 12.3. The first-order valence-corrected chi connectivity index (χ1v) is 7.11. The van der Waals surface area contributed by atoms with Crippen molar-refractivity contribution in [1.82, 2.24) is 10.6 Å². The second-order valence-corrected chi connectivity index (χ2v) is 5.55. The molecule has 0 saturated carbocycles. The van der Waals surface area contributed by atoms with Gasteiger partial charge in [-0.15, -0.1) is 0 Å². The van der Waals surface area contributed by atoms with E-state index in [1.807, 2.05) is 0 Å². The summed E-state index contributed by atoms with van der Waals surface area (Å²) in [5, 5.41) is 6.42. The molecular weight excluding hydrogens is 228 g/mol. The summed E-state index contributed by atoms with van der Waals surface area (Å²) in [6.45, 7) is 7.67. The van der Waals surface area contributed by atoms with Crippen molar-refractivity contribution in [2.45, 2.75) is 39.5 Å². The third kappa shape index (κ3) is 3.95. The van der Waals surface area contributed by atoms with Gasteiger partial charge in [0.2, 0.25) is 5.91 Å². The predicted octanol–water partition coefficient (Wildman–Crippen LogP) is 1.56. The first-order chi connectivity index (χ1) is 8.63. The minimum atomic E-state index is -0.188. The van der Waals surface area contributed by atoms with Gasteiger partial charge in [-0.2, -0.15) is 0 Å². The van der Waals surface area contributed by atoms with Gasteiger partial charge in [-0.1, -0.05) is 13.8 Å². The first-order valence-electron chi connectivity index (χ1n) is 7.11. The van der Waals surface area contributed by atoms with Gasteiger partial charge in [0.15, 0.2) is 0 Å². The second kappa shape index (κ2) is 7.74. The second-order valence-electron chi connectivity index (χ2n) is 5.55. The quantitative estimate of drug-likeness (QED) is 0.648. The van der Waals surface area contributed by atoms with Crippen LogP contribution in [0, 0.1) is 11.3 Å². The lowest BCUT2D eigenvalue weighted by Crippen LogP contribution is -2.46. The first kappa shape index (κ1) is 15.4. The third-order valence-electron chi connectivity index (χ3n) is 4.06. The summed E-state index contributed by atoms with van der Waals surface area (Å²) in [5.41, 5.74) is -0.188. The highest BCUT2D eigenvalue weighted by Crippen LogP contribution is 2.34. The van der Waals surface area contributed by atoms with Crippen LogP contribution in [0.3, 0.4) is 0 Å². The van der Waals surface area contributed by atoms with Crippen molar-refractivity contribution in [3.63, 3.8) is 0 Å². The predicted molar refractivity (Wildman–Crippen MR) is 73.5 cm³/mol. The van der Waals surface area contributed by atoms with E-state index in [2.05, 4.69) is 24.5 Å². The average molecular weight is 256 g/mol.